The van der Waals surface area contributed by atoms with E-state index in [-0.39, 0.29) is 0 Å². The van der Waals surface area contributed by atoms with E-state index >= 15 is 0 Å². The molecule has 2 atom stereocenters. The Bertz CT molecular complexity index is 490. The van der Waals surface area contributed by atoms with E-state index < -0.39 is 0 Å². The molecule has 1 aromatic carbocycles. The van der Waals surface area contributed by atoms with Crippen molar-refractivity contribution in [2.24, 2.45) is 5.92 Å². The van der Waals surface area contributed by atoms with E-state index in [0.29, 0.717) is 12.0 Å². The molecule has 102 valence electrons. The molecule has 0 spiro atoms. The van der Waals surface area contributed by atoms with Gasteiger partial charge >= 0.3 is 0 Å². The molecule has 3 heteroatoms. The Balaban J connectivity index is 2.05. The van der Waals surface area contributed by atoms with Crippen LogP contribution in [0.3, 0.4) is 0 Å². The molecule has 0 amide bonds. The molecule has 0 fully saturated rings. The van der Waals surface area contributed by atoms with Gasteiger partial charge in [-0.3, -0.25) is 5.10 Å². The van der Waals surface area contributed by atoms with Gasteiger partial charge in [0.1, 0.15) is 0 Å². The van der Waals surface area contributed by atoms with Gasteiger partial charge in [-0.05, 0) is 18.4 Å². The van der Waals surface area contributed by atoms with E-state index in [0.717, 1.165) is 12.2 Å². The maximum atomic E-state index is 4.18. The number of hydrogen-bond donors (Lipinski definition) is 2. The fourth-order valence-electron chi connectivity index (χ4n) is 2.13. The molecule has 3 nitrogen and oxygen atoms in total. The first-order valence-corrected chi connectivity index (χ1v) is 7.03. The lowest BCUT2D eigenvalue weighted by atomic mass is 10.0. The summed E-state index contributed by atoms with van der Waals surface area (Å²) in [4.78, 5) is 0. The standard InChI is InChI=1S/C16H23N3/c1-4-12(2)13(3)17-10-15-11-18-19-16(15)14-8-6-5-7-9-14/h5-9,11-13,17H,4,10H2,1-3H3,(H,18,19). The summed E-state index contributed by atoms with van der Waals surface area (Å²) < 4.78 is 0. The van der Waals surface area contributed by atoms with Crippen LogP contribution in [0.15, 0.2) is 36.5 Å². The fraction of sp³-hybridized carbons (Fsp3) is 0.438. The van der Waals surface area contributed by atoms with Crippen LogP contribution in [-0.2, 0) is 6.54 Å². The highest BCUT2D eigenvalue weighted by atomic mass is 15.1. The molecule has 2 rings (SSSR count). The molecule has 0 aliphatic heterocycles. The Morgan fingerprint density at radius 3 is 2.63 bits per heavy atom. The number of H-pyrrole nitrogens is 1. The van der Waals surface area contributed by atoms with Crippen molar-refractivity contribution >= 4 is 0 Å². The van der Waals surface area contributed by atoms with Crippen LogP contribution in [0.1, 0.15) is 32.8 Å². The predicted molar refractivity (Wildman–Crippen MR) is 79.8 cm³/mol. The van der Waals surface area contributed by atoms with E-state index in [1.54, 1.807) is 0 Å². The van der Waals surface area contributed by atoms with E-state index in [4.69, 9.17) is 0 Å². The van der Waals surface area contributed by atoms with Crippen molar-refractivity contribution in [3.63, 3.8) is 0 Å². The maximum Gasteiger partial charge on any atom is 0.0695 e. The zero-order chi connectivity index (χ0) is 13.7. The van der Waals surface area contributed by atoms with Crippen LogP contribution >= 0.6 is 0 Å². The smallest absolute Gasteiger partial charge is 0.0695 e. The summed E-state index contributed by atoms with van der Waals surface area (Å²) in [5, 5.41) is 10.9. The van der Waals surface area contributed by atoms with Crippen molar-refractivity contribution in [3.8, 4) is 11.3 Å². The van der Waals surface area contributed by atoms with Gasteiger partial charge in [-0.1, -0.05) is 50.6 Å². The SMILES string of the molecule is CCC(C)C(C)NCc1cn[nH]c1-c1ccccc1. The van der Waals surface area contributed by atoms with E-state index in [1.165, 1.54) is 17.5 Å². The Hall–Kier alpha value is -1.61. The molecule has 0 saturated heterocycles. The molecule has 2 N–H and O–H groups in total. The third-order valence-corrected chi connectivity index (χ3v) is 3.89. The zero-order valence-electron chi connectivity index (χ0n) is 12.0. The first kappa shape index (κ1) is 13.8. The Labute approximate surface area is 115 Å². The summed E-state index contributed by atoms with van der Waals surface area (Å²) in [7, 11) is 0. The van der Waals surface area contributed by atoms with Crippen LogP contribution in [0.25, 0.3) is 11.3 Å². The molecular formula is C16H23N3. The summed E-state index contributed by atoms with van der Waals surface area (Å²) in [6, 6.07) is 10.9. The number of aromatic amines is 1. The van der Waals surface area contributed by atoms with E-state index in [9.17, 15) is 0 Å². The molecule has 2 unspecified atom stereocenters. The second-order valence-corrected chi connectivity index (χ2v) is 5.19. The average Bonchev–Trinajstić information content (AvgIpc) is 2.93. The Morgan fingerprint density at radius 1 is 1.21 bits per heavy atom. The van der Waals surface area contributed by atoms with Crippen molar-refractivity contribution in [3.05, 3.63) is 42.1 Å². The molecule has 0 bridgehead atoms. The summed E-state index contributed by atoms with van der Waals surface area (Å²) >= 11 is 0. The lowest BCUT2D eigenvalue weighted by Gasteiger charge is -2.19. The summed E-state index contributed by atoms with van der Waals surface area (Å²) in [6.45, 7) is 7.61. The minimum Gasteiger partial charge on any atom is -0.310 e. The second kappa shape index (κ2) is 6.53. The topological polar surface area (TPSA) is 40.7 Å². The van der Waals surface area contributed by atoms with Gasteiger partial charge in [-0.25, -0.2) is 0 Å². The molecule has 0 aliphatic rings. The van der Waals surface area contributed by atoms with Gasteiger partial charge in [0, 0.05) is 18.2 Å². The zero-order valence-corrected chi connectivity index (χ0v) is 12.0. The lowest BCUT2D eigenvalue weighted by molar-refractivity contribution is 0.390. The quantitative estimate of drug-likeness (QED) is 0.830. The molecule has 1 heterocycles. The first-order chi connectivity index (χ1) is 9.22. The second-order valence-electron chi connectivity index (χ2n) is 5.19. The van der Waals surface area contributed by atoms with Gasteiger partial charge in [-0.2, -0.15) is 5.10 Å². The van der Waals surface area contributed by atoms with Gasteiger partial charge in [0.05, 0.1) is 11.9 Å². The fourth-order valence-corrected chi connectivity index (χ4v) is 2.13. The molecule has 0 saturated carbocycles. The van der Waals surface area contributed by atoms with Gasteiger partial charge < -0.3 is 5.32 Å². The summed E-state index contributed by atoms with van der Waals surface area (Å²) in [5.74, 6) is 0.687. The number of hydrogen-bond acceptors (Lipinski definition) is 2. The minimum absolute atomic E-state index is 0.517. The Morgan fingerprint density at radius 2 is 1.95 bits per heavy atom. The largest absolute Gasteiger partial charge is 0.310 e. The van der Waals surface area contributed by atoms with Gasteiger partial charge in [0.15, 0.2) is 0 Å². The van der Waals surface area contributed by atoms with Crippen molar-refractivity contribution in [1.82, 2.24) is 15.5 Å². The molecule has 19 heavy (non-hydrogen) atoms. The highest BCUT2D eigenvalue weighted by molar-refractivity contribution is 5.62. The van der Waals surface area contributed by atoms with Crippen molar-refractivity contribution in [2.75, 3.05) is 0 Å². The minimum atomic E-state index is 0.517. The van der Waals surface area contributed by atoms with Crippen LogP contribution < -0.4 is 5.32 Å². The lowest BCUT2D eigenvalue weighted by Crippen LogP contribution is -2.31. The number of rotatable bonds is 6. The monoisotopic (exact) mass is 257 g/mol. The van der Waals surface area contributed by atoms with Gasteiger partial charge in [0.2, 0.25) is 0 Å². The summed E-state index contributed by atoms with van der Waals surface area (Å²) in [6.07, 6.45) is 3.11. The number of benzene rings is 1. The first-order valence-electron chi connectivity index (χ1n) is 7.03. The molecular weight excluding hydrogens is 234 g/mol. The van der Waals surface area contributed by atoms with Crippen molar-refractivity contribution in [2.45, 2.75) is 39.8 Å². The van der Waals surface area contributed by atoms with Gasteiger partial charge in [0.25, 0.3) is 0 Å². The average molecular weight is 257 g/mol. The molecule has 0 aliphatic carbocycles. The molecule has 1 aromatic heterocycles. The molecule has 2 aromatic rings. The summed E-state index contributed by atoms with van der Waals surface area (Å²) in [5.41, 5.74) is 3.53. The van der Waals surface area contributed by atoms with Crippen molar-refractivity contribution in [1.29, 1.82) is 0 Å². The number of nitrogens with zero attached hydrogens (tertiary/aromatic N) is 1. The number of nitrogens with one attached hydrogen (secondary N) is 2. The highest BCUT2D eigenvalue weighted by Crippen LogP contribution is 2.20. The highest BCUT2D eigenvalue weighted by Gasteiger charge is 2.12. The predicted octanol–water partition coefficient (Wildman–Crippen LogP) is 3.60. The number of aromatic nitrogens is 2. The third kappa shape index (κ3) is 3.44. The third-order valence-electron chi connectivity index (χ3n) is 3.89. The normalized spacial score (nSPS) is 14.3. The van der Waals surface area contributed by atoms with Crippen LogP contribution in [0.2, 0.25) is 0 Å². The van der Waals surface area contributed by atoms with E-state index in [2.05, 4.69) is 60.6 Å². The van der Waals surface area contributed by atoms with Crippen LogP contribution in [0.5, 0.6) is 0 Å². The van der Waals surface area contributed by atoms with Crippen LogP contribution in [0.4, 0.5) is 0 Å². The van der Waals surface area contributed by atoms with Crippen LogP contribution in [-0.4, -0.2) is 16.2 Å². The van der Waals surface area contributed by atoms with Crippen LogP contribution in [0, 0.1) is 5.92 Å². The van der Waals surface area contributed by atoms with Crippen molar-refractivity contribution < 1.29 is 0 Å². The Kier molecular flexibility index (Phi) is 4.74. The van der Waals surface area contributed by atoms with E-state index in [1.807, 2.05) is 12.3 Å². The maximum absolute atomic E-state index is 4.18. The molecule has 0 radical (unpaired) electrons. The van der Waals surface area contributed by atoms with Gasteiger partial charge in [-0.15, -0.1) is 0 Å².